The molecule has 0 aliphatic carbocycles. The van der Waals surface area contributed by atoms with Gasteiger partial charge in [-0.05, 0) is 12.1 Å². The van der Waals surface area contributed by atoms with Gasteiger partial charge in [-0.2, -0.15) is 0 Å². The summed E-state index contributed by atoms with van der Waals surface area (Å²) in [5, 5.41) is 0. The molecule has 1 aromatic rings. The molecule has 0 saturated carbocycles. The third-order valence-corrected chi connectivity index (χ3v) is 4.56. The van der Waals surface area contributed by atoms with Crippen LogP contribution in [-0.4, -0.2) is 81.8 Å². The molecule has 1 aliphatic rings. The van der Waals surface area contributed by atoms with Crippen molar-refractivity contribution in [2.24, 2.45) is 5.73 Å². The number of amides is 2. The van der Waals surface area contributed by atoms with Gasteiger partial charge < -0.3 is 29.7 Å². The highest BCUT2D eigenvalue weighted by Gasteiger charge is 2.27. The lowest BCUT2D eigenvalue weighted by molar-refractivity contribution is -0.135. The average Bonchev–Trinajstić information content (AvgIpc) is 2.70. The Labute approximate surface area is 165 Å². The van der Waals surface area contributed by atoms with E-state index in [1.807, 2.05) is 0 Å². The first-order valence-electron chi connectivity index (χ1n) is 8.56. The van der Waals surface area contributed by atoms with E-state index < -0.39 is 0 Å². The number of methoxy groups -OCH3 is 3. The third kappa shape index (κ3) is 5.72. The summed E-state index contributed by atoms with van der Waals surface area (Å²) in [6.07, 6.45) is -0.0153. The van der Waals surface area contributed by atoms with E-state index in [-0.39, 0.29) is 36.7 Å². The number of hydrogen-bond donors (Lipinski definition) is 1. The SMILES string of the molecule is COc1ccc(C(=O)N2CCN(C(=O)CC(CN)OC)CC2)c(OC)c1.Cl. The first-order valence-corrected chi connectivity index (χ1v) is 8.56. The number of nitrogens with zero attached hydrogens (tertiary/aromatic N) is 2. The second-order valence-corrected chi connectivity index (χ2v) is 6.04. The summed E-state index contributed by atoms with van der Waals surface area (Å²) in [6.45, 7) is 2.23. The van der Waals surface area contributed by atoms with Crippen molar-refractivity contribution >= 4 is 24.2 Å². The zero-order valence-corrected chi connectivity index (χ0v) is 16.8. The minimum atomic E-state index is -0.272. The third-order valence-electron chi connectivity index (χ3n) is 4.56. The highest BCUT2D eigenvalue weighted by molar-refractivity contribution is 5.97. The topological polar surface area (TPSA) is 94.3 Å². The maximum Gasteiger partial charge on any atom is 0.257 e. The molecule has 0 aromatic heterocycles. The minimum absolute atomic E-state index is 0. The predicted octanol–water partition coefficient (Wildman–Crippen LogP) is 0.774. The lowest BCUT2D eigenvalue weighted by Gasteiger charge is -2.35. The molecule has 9 heteroatoms. The molecule has 27 heavy (non-hydrogen) atoms. The summed E-state index contributed by atoms with van der Waals surface area (Å²) in [5.41, 5.74) is 6.05. The van der Waals surface area contributed by atoms with Crippen LogP contribution in [0.25, 0.3) is 0 Å². The van der Waals surface area contributed by atoms with Crippen molar-refractivity contribution in [3.63, 3.8) is 0 Å². The largest absolute Gasteiger partial charge is 0.497 e. The number of carbonyl (C=O) groups excluding carboxylic acids is 2. The molecule has 1 atom stereocenters. The quantitative estimate of drug-likeness (QED) is 0.725. The molecule has 1 aliphatic heterocycles. The van der Waals surface area contributed by atoms with E-state index in [1.165, 1.54) is 7.11 Å². The molecule has 8 nitrogen and oxygen atoms in total. The number of halogens is 1. The Morgan fingerprint density at radius 1 is 1.07 bits per heavy atom. The maximum atomic E-state index is 12.8. The van der Waals surface area contributed by atoms with Crippen LogP contribution in [0, 0.1) is 0 Å². The van der Waals surface area contributed by atoms with Crippen molar-refractivity contribution in [3.05, 3.63) is 23.8 Å². The van der Waals surface area contributed by atoms with E-state index in [1.54, 1.807) is 42.2 Å². The van der Waals surface area contributed by atoms with E-state index >= 15 is 0 Å². The molecular weight excluding hydrogens is 374 g/mol. The average molecular weight is 402 g/mol. The summed E-state index contributed by atoms with van der Waals surface area (Å²) in [7, 11) is 4.63. The van der Waals surface area contributed by atoms with Crippen LogP contribution >= 0.6 is 12.4 Å². The lowest BCUT2D eigenvalue weighted by atomic mass is 10.1. The summed E-state index contributed by atoms with van der Waals surface area (Å²) in [6, 6.07) is 5.11. The molecule has 0 spiro atoms. The van der Waals surface area contributed by atoms with Crippen molar-refractivity contribution in [2.45, 2.75) is 12.5 Å². The number of ether oxygens (including phenoxy) is 3. The van der Waals surface area contributed by atoms with Crippen molar-refractivity contribution in [2.75, 3.05) is 54.1 Å². The lowest BCUT2D eigenvalue weighted by Crippen LogP contribution is -2.51. The van der Waals surface area contributed by atoms with Crippen LogP contribution < -0.4 is 15.2 Å². The van der Waals surface area contributed by atoms with E-state index in [9.17, 15) is 9.59 Å². The Morgan fingerprint density at radius 2 is 1.70 bits per heavy atom. The monoisotopic (exact) mass is 401 g/mol. The molecule has 2 amide bonds. The minimum Gasteiger partial charge on any atom is -0.497 e. The molecule has 1 heterocycles. The molecule has 0 bridgehead atoms. The molecule has 1 saturated heterocycles. The number of carbonyl (C=O) groups is 2. The molecule has 2 N–H and O–H groups in total. The van der Waals surface area contributed by atoms with E-state index in [0.717, 1.165) is 0 Å². The fourth-order valence-electron chi connectivity index (χ4n) is 2.89. The van der Waals surface area contributed by atoms with Crippen LogP contribution in [0.3, 0.4) is 0 Å². The Kier molecular flexibility index (Phi) is 9.34. The van der Waals surface area contributed by atoms with Gasteiger partial charge >= 0.3 is 0 Å². The van der Waals surface area contributed by atoms with Crippen molar-refractivity contribution in [1.29, 1.82) is 0 Å². The van der Waals surface area contributed by atoms with Gasteiger partial charge in [0, 0.05) is 45.9 Å². The Hall–Kier alpha value is -2.03. The molecule has 0 radical (unpaired) electrons. The fourth-order valence-corrected chi connectivity index (χ4v) is 2.89. The predicted molar refractivity (Wildman–Crippen MR) is 104 cm³/mol. The van der Waals surface area contributed by atoms with Gasteiger partial charge in [-0.3, -0.25) is 9.59 Å². The highest BCUT2D eigenvalue weighted by atomic mass is 35.5. The van der Waals surface area contributed by atoms with Crippen LogP contribution in [0.2, 0.25) is 0 Å². The zero-order chi connectivity index (χ0) is 19.1. The van der Waals surface area contributed by atoms with Gasteiger partial charge in [-0.15, -0.1) is 12.4 Å². The van der Waals surface area contributed by atoms with Crippen molar-refractivity contribution in [3.8, 4) is 11.5 Å². The van der Waals surface area contributed by atoms with Crippen LogP contribution in [0.15, 0.2) is 18.2 Å². The standard InChI is InChI=1S/C18H27N3O5.ClH/c1-24-13-4-5-15(16(10-13)26-3)18(23)21-8-6-20(7-9-21)17(22)11-14(12-19)25-2;/h4-5,10,14H,6-9,11-12,19H2,1-3H3;1H. The van der Waals surface area contributed by atoms with Gasteiger partial charge in [-0.1, -0.05) is 0 Å². The molecule has 1 fully saturated rings. The molecule has 1 unspecified atom stereocenters. The second kappa shape index (κ2) is 11.0. The first kappa shape index (κ1) is 23.0. The van der Waals surface area contributed by atoms with Crippen LogP contribution in [0.5, 0.6) is 11.5 Å². The van der Waals surface area contributed by atoms with Crippen LogP contribution in [-0.2, 0) is 9.53 Å². The Morgan fingerprint density at radius 3 is 2.22 bits per heavy atom. The molecule has 1 aromatic carbocycles. The van der Waals surface area contributed by atoms with Crippen molar-refractivity contribution < 1.29 is 23.8 Å². The van der Waals surface area contributed by atoms with Gasteiger partial charge in [-0.25, -0.2) is 0 Å². The van der Waals surface area contributed by atoms with Gasteiger partial charge in [0.15, 0.2) is 0 Å². The van der Waals surface area contributed by atoms with Crippen LogP contribution in [0.1, 0.15) is 16.8 Å². The van der Waals surface area contributed by atoms with Crippen LogP contribution in [0.4, 0.5) is 0 Å². The smallest absolute Gasteiger partial charge is 0.257 e. The fraction of sp³-hybridized carbons (Fsp3) is 0.556. The normalized spacial score (nSPS) is 15.0. The summed E-state index contributed by atoms with van der Waals surface area (Å²) in [4.78, 5) is 28.6. The van der Waals surface area contributed by atoms with E-state index in [0.29, 0.717) is 49.8 Å². The molecular formula is C18H28ClN3O5. The number of piperazine rings is 1. The number of nitrogens with two attached hydrogens (primary N) is 1. The van der Waals surface area contributed by atoms with Gasteiger partial charge in [0.2, 0.25) is 5.91 Å². The maximum absolute atomic E-state index is 12.8. The Bertz CT molecular complexity index is 631. The Balaban J connectivity index is 0.00000364. The first-order chi connectivity index (χ1) is 12.5. The number of hydrogen-bond acceptors (Lipinski definition) is 6. The van der Waals surface area contributed by atoms with Crippen molar-refractivity contribution in [1.82, 2.24) is 9.80 Å². The van der Waals surface area contributed by atoms with E-state index in [4.69, 9.17) is 19.9 Å². The molecule has 152 valence electrons. The number of benzene rings is 1. The number of rotatable bonds is 7. The van der Waals surface area contributed by atoms with Gasteiger partial charge in [0.05, 0.1) is 32.3 Å². The zero-order valence-electron chi connectivity index (χ0n) is 16.0. The van der Waals surface area contributed by atoms with Gasteiger partial charge in [0.1, 0.15) is 11.5 Å². The van der Waals surface area contributed by atoms with E-state index in [2.05, 4.69) is 0 Å². The summed E-state index contributed by atoms with van der Waals surface area (Å²) in [5.74, 6) is 0.977. The highest BCUT2D eigenvalue weighted by Crippen LogP contribution is 2.26. The second-order valence-electron chi connectivity index (χ2n) is 6.04. The van der Waals surface area contributed by atoms with Gasteiger partial charge in [0.25, 0.3) is 5.91 Å². The summed E-state index contributed by atoms with van der Waals surface area (Å²) >= 11 is 0. The molecule has 2 rings (SSSR count). The summed E-state index contributed by atoms with van der Waals surface area (Å²) < 4.78 is 15.6.